The Bertz CT molecular complexity index is 591. The second kappa shape index (κ2) is 15.3. The van der Waals surface area contributed by atoms with Crippen LogP contribution in [0.2, 0.25) is 0 Å². The number of hydrogen-bond donors (Lipinski definition) is 0. The first-order valence-electron chi connectivity index (χ1n) is 9.90. The molecule has 2 rings (SSSR count). The van der Waals surface area contributed by atoms with Crippen LogP contribution in [-0.2, 0) is 9.59 Å². The topological polar surface area (TPSA) is 40.6 Å². The van der Waals surface area contributed by atoms with Crippen LogP contribution in [-0.4, -0.2) is 47.6 Å². The van der Waals surface area contributed by atoms with Crippen molar-refractivity contribution in [1.82, 2.24) is 9.34 Å². The number of carbonyl (C=O) groups excluding carboxylic acids is 2. The van der Waals surface area contributed by atoms with E-state index in [1.807, 2.05) is 30.1 Å². The first-order chi connectivity index (χ1) is 13.5. The van der Waals surface area contributed by atoms with Crippen LogP contribution in [0.15, 0.2) is 22.8 Å². The Kier molecular flexibility index (Phi) is 15.5. The van der Waals surface area contributed by atoms with Crippen molar-refractivity contribution in [2.24, 2.45) is 11.3 Å². The molecule has 0 N–H and O–H groups in total. The molecule has 0 radical (unpaired) electrons. The standard InChI is InChI=1S/C10H19NOP2.C6H13NOP2.C4H7Cl/c1-8(2)7-10(3)5-6-11(9(10)12)14-13-4;1-5-3-4-7(6(5)8)10-9-2;1-4(2)3-5/h7,13-14H,5-6H2,1-4H3;5,9-10H,3-4H2,1-2H3;3H,1-2H3. The van der Waals surface area contributed by atoms with Gasteiger partial charge in [-0.3, -0.25) is 9.59 Å². The van der Waals surface area contributed by atoms with Crippen LogP contribution in [0.1, 0.15) is 54.4 Å². The lowest BCUT2D eigenvalue weighted by Crippen LogP contribution is -2.25. The lowest BCUT2D eigenvalue weighted by molar-refractivity contribution is -0.129. The maximum atomic E-state index is 12.0. The van der Waals surface area contributed by atoms with Crippen molar-refractivity contribution in [1.29, 1.82) is 0 Å². The fourth-order valence-corrected chi connectivity index (χ4v) is 7.56. The first kappa shape index (κ1) is 29.4. The zero-order valence-corrected chi connectivity index (χ0v) is 23.9. The van der Waals surface area contributed by atoms with Crippen LogP contribution in [0.4, 0.5) is 0 Å². The molecule has 4 nitrogen and oxygen atoms in total. The van der Waals surface area contributed by atoms with Gasteiger partial charge in [-0.2, -0.15) is 0 Å². The van der Waals surface area contributed by atoms with Gasteiger partial charge in [0.25, 0.3) is 0 Å². The molecule has 2 aliphatic heterocycles. The fraction of sp³-hybridized carbons (Fsp3) is 0.700. The summed E-state index contributed by atoms with van der Waals surface area (Å²) in [5, 5.41) is 0. The lowest BCUT2D eigenvalue weighted by atomic mass is 9.87. The van der Waals surface area contributed by atoms with Crippen molar-refractivity contribution in [3.8, 4) is 0 Å². The SMILES string of the molecule is CC(C)=CCl.CPPN1CCC(C)(C=C(C)C)C1=O.CPPN1CCC(C)C1=O. The highest BCUT2D eigenvalue weighted by Gasteiger charge is 2.40. The largest absolute Gasteiger partial charge is 0.321 e. The average Bonchev–Trinajstić information content (AvgIpc) is 3.11. The van der Waals surface area contributed by atoms with Gasteiger partial charge >= 0.3 is 0 Å². The molecule has 2 fully saturated rings. The average molecular weight is 499 g/mol. The van der Waals surface area contributed by atoms with Crippen molar-refractivity contribution in [3.63, 3.8) is 0 Å². The van der Waals surface area contributed by atoms with Gasteiger partial charge < -0.3 is 9.34 Å². The van der Waals surface area contributed by atoms with Gasteiger partial charge in [-0.25, -0.2) is 0 Å². The van der Waals surface area contributed by atoms with E-state index in [4.69, 9.17) is 11.6 Å². The van der Waals surface area contributed by atoms with E-state index in [9.17, 15) is 9.59 Å². The van der Waals surface area contributed by atoms with Crippen LogP contribution < -0.4 is 0 Å². The van der Waals surface area contributed by atoms with Crippen LogP contribution in [0.5, 0.6) is 0 Å². The summed E-state index contributed by atoms with van der Waals surface area (Å²) >= 11 is 5.17. The molecule has 2 aliphatic rings. The van der Waals surface area contributed by atoms with Crippen molar-refractivity contribution in [2.75, 3.05) is 26.4 Å². The number of allylic oxidation sites excluding steroid dienone is 2. The van der Waals surface area contributed by atoms with Crippen LogP contribution in [0, 0.1) is 11.3 Å². The predicted octanol–water partition coefficient (Wildman–Crippen LogP) is 6.83. The number of halogens is 1. The summed E-state index contributed by atoms with van der Waals surface area (Å²) < 4.78 is 4.03. The van der Waals surface area contributed by atoms with E-state index in [1.165, 1.54) is 5.57 Å². The summed E-state index contributed by atoms with van der Waals surface area (Å²) in [5.74, 6) is 0.989. The molecule has 2 heterocycles. The highest BCUT2D eigenvalue weighted by Crippen LogP contribution is 2.46. The third kappa shape index (κ3) is 11.0. The van der Waals surface area contributed by atoms with Gasteiger partial charge in [0.1, 0.15) is 0 Å². The smallest absolute Gasteiger partial charge is 0.235 e. The minimum Gasteiger partial charge on any atom is -0.321 e. The van der Waals surface area contributed by atoms with E-state index in [1.54, 1.807) is 5.54 Å². The van der Waals surface area contributed by atoms with Crippen molar-refractivity contribution >= 4 is 56.8 Å². The van der Waals surface area contributed by atoms with E-state index in [0.29, 0.717) is 26.2 Å². The first-order valence-corrected chi connectivity index (χ1v) is 17.2. The summed E-state index contributed by atoms with van der Waals surface area (Å²) in [4.78, 5) is 23.3. The highest BCUT2D eigenvalue weighted by molar-refractivity contribution is 8.10. The Hall–Kier alpha value is 0.430. The molecule has 9 heteroatoms. The molecule has 0 saturated carbocycles. The van der Waals surface area contributed by atoms with E-state index in [2.05, 4.69) is 40.2 Å². The summed E-state index contributed by atoms with van der Waals surface area (Å²) in [7, 11) is 3.20. The van der Waals surface area contributed by atoms with Crippen LogP contribution in [0.3, 0.4) is 0 Å². The van der Waals surface area contributed by atoms with Gasteiger partial charge in [-0.1, -0.05) is 52.3 Å². The third-order valence-electron chi connectivity index (χ3n) is 4.38. The lowest BCUT2D eigenvalue weighted by Gasteiger charge is -2.20. The maximum absolute atomic E-state index is 12.0. The quantitative estimate of drug-likeness (QED) is 0.308. The second-order valence-corrected chi connectivity index (χ2v) is 15.0. The Labute approximate surface area is 190 Å². The van der Waals surface area contributed by atoms with Gasteiger partial charge in [-0.05, 0) is 60.8 Å². The summed E-state index contributed by atoms with van der Waals surface area (Å²) in [6.07, 6.45) is 4.17. The molecular formula is C20H39ClN2O2P4. The summed E-state index contributed by atoms with van der Waals surface area (Å²) in [6.45, 7) is 18.3. The molecular weight excluding hydrogens is 460 g/mol. The van der Waals surface area contributed by atoms with Gasteiger partial charge in [0.15, 0.2) is 0 Å². The number of nitrogens with zero attached hydrogens (tertiary/aromatic N) is 2. The molecule has 0 aromatic rings. The number of amides is 2. The third-order valence-corrected chi connectivity index (χ3v) is 9.64. The number of carbonyl (C=O) groups is 2. The zero-order chi connectivity index (χ0) is 22.6. The van der Waals surface area contributed by atoms with Crippen molar-refractivity contribution < 1.29 is 9.59 Å². The van der Waals surface area contributed by atoms with Crippen molar-refractivity contribution in [3.05, 3.63) is 22.8 Å². The van der Waals surface area contributed by atoms with E-state index in [-0.39, 0.29) is 5.41 Å². The molecule has 0 aromatic carbocycles. The molecule has 0 aliphatic carbocycles. The van der Waals surface area contributed by atoms with E-state index in [0.717, 1.165) is 56.5 Å². The monoisotopic (exact) mass is 498 g/mol. The number of hydrogen-bond acceptors (Lipinski definition) is 2. The molecule has 168 valence electrons. The molecule has 0 spiro atoms. The Morgan fingerprint density at radius 2 is 1.55 bits per heavy atom. The molecule has 0 bridgehead atoms. The summed E-state index contributed by atoms with van der Waals surface area (Å²) in [5.41, 5.74) is 3.72. The minimum absolute atomic E-state index is 0.217. The van der Waals surface area contributed by atoms with Crippen LogP contribution >= 0.6 is 45.0 Å². The van der Waals surface area contributed by atoms with Crippen LogP contribution in [0.25, 0.3) is 0 Å². The molecule has 2 saturated heterocycles. The minimum atomic E-state index is -0.217. The zero-order valence-electron chi connectivity index (χ0n) is 19.1. The normalized spacial score (nSPS) is 24.8. The predicted molar refractivity (Wildman–Crippen MR) is 140 cm³/mol. The molecule has 0 aromatic heterocycles. The van der Waals surface area contributed by atoms with Gasteiger partial charge in [0.2, 0.25) is 11.8 Å². The fourth-order valence-electron chi connectivity index (χ4n) is 2.94. The van der Waals surface area contributed by atoms with E-state index < -0.39 is 0 Å². The van der Waals surface area contributed by atoms with Gasteiger partial charge in [0.05, 0.1) is 5.41 Å². The van der Waals surface area contributed by atoms with Gasteiger partial charge in [0, 0.05) is 41.4 Å². The second-order valence-electron chi connectivity index (χ2n) is 7.94. The maximum Gasteiger partial charge on any atom is 0.235 e. The molecule has 6 atom stereocenters. The molecule has 6 unspecified atom stereocenters. The molecule has 2 amide bonds. The Morgan fingerprint density at radius 1 is 1.03 bits per heavy atom. The highest BCUT2D eigenvalue weighted by atomic mass is 35.5. The Balaban J connectivity index is 0.000000455. The summed E-state index contributed by atoms with van der Waals surface area (Å²) in [6, 6.07) is 0. The van der Waals surface area contributed by atoms with Crippen molar-refractivity contribution in [2.45, 2.75) is 54.4 Å². The van der Waals surface area contributed by atoms with E-state index >= 15 is 0 Å². The Morgan fingerprint density at radius 3 is 1.93 bits per heavy atom. The number of rotatable bonds is 5. The molecule has 29 heavy (non-hydrogen) atoms. The van der Waals surface area contributed by atoms with Gasteiger partial charge in [-0.15, -0.1) is 0 Å².